The SMILES string of the molecule is CC(=O)OCOC(=O)NCCC1(C)CC2CCCC(C)(C2)C1. The Hall–Kier alpha value is -1.26. The first-order chi connectivity index (χ1) is 10.3. The van der Waals surface area contributed by atoms with Crippen LogP contribution in [-0.2, 0) is 14.3 Å². The first kappa shape index (κ1) is 17.1. The zero-order chi connectivity index (χ0) is 16.2. The average Bonchev–Trinajstić information content (AvgIpc) is 2.36. The molecule has 3 atom stereocenters. The lowest BCUT2D eigenvalue weighted by atomic mass is 9.54. The summed E-state index contributed by atoms with van der Waals surface area (Å²) in [7, 11) is 0. The summed E-state index contributed by atoms with van der Waals surface area (Å²) in [5.41, 5.74) is 0.799. The summed E-state index contributed by atoms with van der Waals surface area (Å²) in [6.45, 7) is 6.35. The van der Waals surface area contributed by atoms with E-state index in [2.05, 4.69) is 23.9 Å². The minimum Gasteiger partial charge on any atom is -0.428 e. The molecule has 0 heterocycles. The van der Waals surface area contributed by atoms with Crippen LogP contribution in [-0.4, -0.2) is 25.4 Å². The number of nitrogens with one attached hydrogen (secondary N) is 1. The van der Waals surface area contributed by atoms with E-state index in [0.29, 0.717) is 17.4 Å². The van der Waals surface area contributed by atoms with E-state index in [-0.39, 0.29) is 6.79 Å². The molecule has 1 N–H and O–H groups in total. The van der Waals surface area contributed by atoms with Crippen molar-refractivity contribution >= 4 is 12.1 Å². The van der Waals surface area contributed by atoms with E-state index in [1.54, 1.807) is 0 Å². The Balaban J connectivity index is 1.72. The highest BCUT2D eigenvalue weighted by molar-refractivity contribution is 5.68. The molecular weight excluding hydrogens is 282 g/mol. The van der Waals surface area contributed by atoms with Gasteiger partial charge in [0.15, 0.2) is 0 Å². The lowest BCUT2D eigenvalue weighted by molar-refractivity contribution is -0.149. The van der Waals surface area contributed by atoms with Crippen molar-refractivity contribution in [1.29, 1.82) is 0 Å². The molecule has 0 aliphatic heterocycles. The van der Waals surface area contributed by atoms with E-state index >= 15 is 0 Å². The van der Waals surface area contributed by atoms with Crippen LogP contribution in [0.3, 0.4) is 0 Å². The maximum atomic E-state index is 11.5. The number of fused-ring (bicyclic) bond motifs is 2. The van der Waals surface area contributed by atoms with E-state index in [4.69, 9.17) is 4.74 Å². The Bertz CT molecular complexity index is 425. The fourth-order valence-corrected chi connectivity index (χ4v) is 4.73. The summed E-state index contributed by atoms with van der Waals surface area (Å²) in [6.07, 6.45) is 8.43. The molecule has 0 saturated heterocycles. The number of hydrogen-bond donors (Lipinski definition) is 1. The summed E-state index contributed by atoms with van der Waals surface area (Å²) in [4.78, 5) is 22.1. The highest BCUT2D eigenvalue weighted by Crippen LogP contribution is 2.56. The summed E-state index contributed by atoms with van der Waals surface area (Å²) < 4.78 is 9.35. The van der Waals surface area contributed by atoms with E-state index < -0.39 is 12.1 Å². The van der Waals surface area contributed by atoms with Gasteiger partial charge in [-0.1, -0.05) is 26.7 Å². The lowest BCUT2D eigenvalue weighted by Crippen LogP contribution is -2.41. The quantitative estimate of drug-likeness (QED) is 0.622. The first-order valence-corrected chi connectivity index (χ1v) is 8.34. The second-order valence-corrected chi connectivity index (χ2v) is 7.83. The fourth-order valence-electron chi connectivity index (χ4n) is 4.73. The maximum Gasteiger partial charge on any atom is 0.410 e. The predicted octanol–water partition coefficient (Wildman–Crippen LogP) is 3.62. The molecule has 0 aromatic heterocycles. The normalized spacial score (nSPS) is 33.9. The molecular formula is C17H29NO4. The Labute approximate surface area is 133 Å². The summed E-state index contributed by atoms with van der Waals surface area (Å²) in [6, 6.07) is 0. The van der Waals surface area contributed by atoms with Crippen molar-refractivity contribution in [2.75, 3.05) is 13.3 Å². The van der Waals surface area contributed by atoms with Gasteiger partial charge in [-0.05, 0) is 48.9 Å². The van der Waals surface area contributed by atoms with Crippen LogP contribution in [0.4, 0.5) is 4.79 Å². The van der Waals surface area contributed by atoms with Crippen LogP contribution in [0.5, 0.6) is 0 Å². The van der Waals surface area contributed by atoms with Crippen LogP contribution < -0.4 is 5.32 Å². The largest absolute Gasteiger partial charge is 0.428 e. The minimum absolute atomic E-state index is 0.307. The van der Waals surface area contributed by atoms with Crippen LogP contribution in [0, 0.1) is 16.7 Å². The molecule has 2 aliphatic carbocycles. The molecule has 2 aliphatic rings. The second kappa shape index (κ2) is 6.88. The monoisotopic (exact) mass is 311 g/mol. The van der Waals surface area contributed by atoms with Gasteiger partial charge in [-0.3, -0.25) is 4.79 Å². The summed E-state index contributed by atoms with van der Waals surface area (Å²) >= 11 is 0. The van der Waals surface area contributed by atoms with Gasteiger partial charge in [0.1, 0.15) is 0 Å². The summed E-state index contributed by atoms with van der Waals surface area (Å²) in [5, 5.41) is 2.75. The summed E-state index contributed by atoms with van der Waals surface area (Å²) in [5.74, 6) is 0.399. The van der Waals surface area contributed by atoms with Crippen molar-refractivity contribution < 1.29 is 19.1 Å². The van der Waals surface area contributed by atoms with Crippen molar-refractivity contribution in [2.45, 2.75) is 65.7 Å². The molecule has 5 heteroatoms. The standard InChI is InChI=1S/C17H29NO4/c1-13(19)21-12-22-15(20)18-8-7-17(3)10-14-5-4-6-16(2,9-14)11-17/h14H,4-12H2,1-3H3,(H,18,20). The number of hydrogen-bond acceptors (Lipinski definition) is 4. The predicted molar refractivity (Wildman–Crippen MR) is 83.1 cm³/mol. The highest BCUT2D eigenvalue weighted by Gasteiger charge is 2.44. The average molecular weight is 311 g/mol. The molecule has 22 heavy (non-hydrogen) atoms. The fraction of sp³-hybridized carbons (Fsp3) is 0.882. The maximum absolute atomic E-state index is 11.5. The molecule has 126 valence electrons. The molecule has 2 bridgehead atoms. The van der Waals surface area contributed by atoms with Gasteiger partial charge >= 0.3 is 12.1 Å². The van der Waals surface area contributed by atoms with Gasteiger partial charge < -0.3 is 14.8 Å². The van der Waals surface area contributed by atoms with Gasteiger partial charge in [0.05, 0.1) is 0 Å². The lowest BCUT2D eigenvalue weighted by Gasteiger charge is -2.51. The number of carbonyl (C=O) groups excluding carboxylic acids is 2. The number of amides is 1. The molecule has 3 unspecified atom stereocenters. The van der Waals surface area contributed by atoms with E-state index in [9.17, 15) is 9.59 Å². The smallest absolute Gasteiger partial charge is 0.410 e. The number of ether oxygens (including phenoxy) is 2. The first-order valence-electron chi connectivity index (χ1n) is 8.34. The third-order valence-corrected chi connectivity index (χ3v) is 5.26. The van der Waals surface area contributed by atoms with Gasteiger partial charge in [0.25, 0.3) is 0 Å². The van der Waals surface area contributed by atoms with Gasteiger partial charge in [-0.25, -0.2) is 4.79 Å². The van der Waals surface area contributed by atoms with Crippen molar-refractivity contribution in [3.8, 4) is 0 Å². The molecule has 2 fully saturated rings. The van der Waals surface area contributed by atoms with Crippen molar-refractivity contribution in [3.63, 3.8) is 0 Å². The number of rotatable bonds is 5. The van der Waals surface area contributed by atoms with Gasteiger partial charge in [-0.15, -0.1) is 0 Å². The van der Waals surface area contributed by atoms with Crippen LogP contribution in [0.2, 0.25) is 0 Å². The van der Waals surface area contributed by atoms with E-state index in [1.165, 1.54) is 45.4 Å². The molecule has 0 aromatic rings. The number of alkyl carbamates (subject to hydrolysis) is 1. The Morgan fingerprint density at radius 2 is 2.00 bits per heavy atom. The molecule has 2 rings (SSSR count). The van der Waals surface area contributed by atoms with Crippen LogP contribution in [0.1, 0.15) is 65.7 Å². The Kier molecular flexibility index (Phi) is 5.35. The third kappa shape index (κ3) is 4.89. The van der Waals surface area contributed by atoms with Crippen molar-refractivity contribution in [3.05, 3.63) is 0 Å². The Morgan fingerprint density at radius 3 is 2.68 bits per heavy atom. The molecule has 0 spiro atoms. The number of carbonyl (C=O) groups is 2. The molecule has 0 aromatic carbocycles. The minimum atomic E-state index is -0.521. The molecule has 1 amide bonds. The third-order valence-electron chi connectivity index (χ3n) is 5.26. The van der Waals surface area contributed by atoms with Gasteiger partial charge in [-0.2, -0.15) is 0 Å². The topological polar surface area (TPSA) is 64.6 Å². The Morgan fingerprint density at radius 1 is 1.23 bits per heavy atom. The zero-order valence-corrected chi connectivity index (χ0v) is 14.1. The van der Waals surface area contributed by atoms with Crippen LogP contribution in [0.25, 0.3) is 0 Å². The van der Waals surface area contributed by atoms with Gasteiger partial charge in [0, 0.05) is 13.5 Å². The van der Waals surface area contributed by atoms with Gasteiger partial charge in [0.2, 0.25) is 6.79 Å². The molecule has 2 saturated carbocycles. The molecule has 5 nitrogen and oxygen atoms in total. The van der Waals surface area contributed by atoms with E-state index in [0.717, 1.165) is 12.3 Å². The number of esters is 1. The van der Waals surface area contributed by atoms with Crippen LogP contribution in [0.15, 0.2) is 0 Å². The van der Waals surface area contributed by atoms with E-state index in [1.807, 2.05) is 0 Å². The van der Waals surface area contributed by atoms with Crippen molar-refractivity contribution in [2.24, 2.45) is 16.7 Å². The zero-order valence-electron chi connectivity index (χ0n) is 14.1. The van der Waals surface area contributed by atoms with Crippen molar-refractivity contribution in [1.82, 2.24) is 5.32 Å². The second-order valence-electron chi connectivity index (χ2n) is 7.83. The van der Waals surface area contributed by atoms with Crippen LogP contribution >= 0.6 is 0 Å². The highest BCUT2D eigenvalue weighted by atomic mass is 16.7. The molecule has 0 radical (unpaired) electrons.